The van der Waals surface area contributed by atoms with Crippen LogP contribution in [0.4, 0.5) is 0 Å². The topological polar surface area (TPSA) is 32.3 Å². The zero-order chi connectivity index (χ0) is 15.8. The monoisotopic (exact) mass is 312 g/mol. The Bertz CT molecular complexity index is 583. The summed E-state index contributed by atoms with van der Waals surface area (Å²) >= 11 is 0. The van der Waals surface area contributed by atoms with Crippen molar-refractivity contribution in [3.8, 4) is 0 Å². The van der Waals surface area contributed by atoms with Crippen LogP contribution in [-0.2, 0) is 12.8 Å². The maximum absolute atomic E-state index is 12.9. The van der Waals surface area contributed by atoms with Crippen molar-refractivity contribution in [2.45, 2.75) is 75.9 Å². The lowest BCUT2D eigenvalue weighted by molar-refractivity contribution is 0.0463. The van der Waals surface area contributed by atoms with Gasteiger partial charge in [0.25, 0.3) is 5.91 Å². The van der Waals surface area contributed by atoms with E-state index in [0.29, 0.717) is 18.1 Å². The zero-order valence-electron chi connectivity index (χ0n) is 14.2. The van der Waals surface area contributed by atoms with Gasteiger partial charge in [-0.1, -0.05) is 18.6 Å². The molecule has 124 valence electrons. The molecule has 1 amide bonds. The molecule has 3 aliphatic rings. The van der Waals surface area contributed by atoms with Crippen LogP contribution in [0.2, 0.25) is 0 Å². The van der Waals surface area contributed by atoms with Gasteiger partial charge in [-0.2, -0.15) is 0 Å². The summed E-state index contributed by atoms with van der Waals surface area (Å²) in [5.41, 5.74) is 3.64. The number of hydrogen-bond donors (Lipinski definition) is 1. The molecule has 2 fully saturated rings. The Hall–Kier alpha value is -1.35. The molecule has 1 N–H and O–H groups in total. The number of carbonyl (C=O) groups excluding carboxylic acids is 1. The summed E-state index contributed by atoms with van der Waals surface area (Å²) in [6.07, 6.45) is 10.9. The molecule has 0 unspecified atom stereocenters. The highest BCUT2D eigenvalue weighted by molar-refractivity contribution is 5.96. The van der Waals surface area contributed by atoms with Crippen molar-refractivity contribution in [3.05, 3.63) is 34.9 Å². The van der Waals surface area contributed by atoms with E-state index in [9.17, 15) is 4.79 Å². The summed E-state index contributed by atoms with van der Waals surface area (Å²) in [4.78, 5) is 15.4. The predicted molar refractivity (Wildman–Crippen MR) is 92.8 cm³/mol. The number of rotatable bonds is 2. The number of nitrogens with zero attached hydrogens (tertiary/aromatic N) is 1. The number of amides is 1. The molecule has 0 saturated carbocycles. The fourth-order valence-electron chi connectivity index (χ4n) is 4.99. The number of piperidine rings is 2. The Morgan fingerprint density at radius 2 is 1.83 bits per heavy atom. The first-order valence-electron chi connectivity index (χ1n) is 9.36. The van der Waals surface area contributed by atoms with Gasteiger partial charge >= 0.3 is 0 Å². The Morgan fingerprint density at radius 1 is 1.09 bits per heavy atom. The summed E-state index contributed by atoms with van der Waals surface area (Å²) in [7, 11) is 2.26. The fourth-order valence-corrected chi connectivity index (χ4v) is 4.99. The van der Waals surface area contributed by atoms with Gasteiger partial charge in [0, 0.05) is 23.7 Å². The molecule has 2 bridgehead atoms. The van der Waals surface area contributed by atoms with Crippen molar-refractivity contribution in [1.29, 1.82) is 0 Å². The molecule has 1 aromatic rings. The standard InChI is InChI=1S/C20H28N2O/c1-22-16-8-5-9-17(22)13-15(12-16)21-20(23)19-11-4-7-14-6-2-3-10-18(14)19/h4,7,11,15-17H,2-3,5-6,8-10,12-13H2,1H3,(H,21,23)/t15-,16-,17+. The normalized spacial score (nSPS) is 30.6. The highest BCUT2D eigenvalue weighted by atomic mass is 16.1. The highest BCUT2D eigenvalue weighted by Crippen LogP contribution is 2.33. The Morgan fingerprint density at radius 3 is 2.61 bits per heavy atom. The Balaban J connectivity index is 1.48. The lowest BCUT2D eigenvalue weighted by Gasteiger charge is -2.47. The van der Waals surface area contributed by atoms with E-state index in [4.69, 9.17) is 0 Å². The second-order valence-electron chi connectivity index (χ2n) is 7.70. The van der Waals surface area contributed by atoms with Crippen LogP contribution in [0.25, 0.3) is 0 Å². The summed E-state index contributed by atoms with van der Waals surface area (Å²) in [5, 5.41) is 3.37. The van der Waals surface area contributed by atoms with Crippen LogP contribution in [0.3, 0.4) is 0 Å². The first kappa shape index (κ1) is 15.2. The predicted octanol–water partition coefficient (Wildman–Crippen LogP) is 3.31. The van der Waals surface area contributed by atoms with E-state index < -0.39 is 0 Å². The maximum Gasteiger partial charge on any atom is 0.251 e. The number of nitrogens with one attached hydrogen (secondary N) is 1. The van der Waals surface area contributed by atoms with Crippen LogP contribution < -0.4 is 5.32 Å². The largest absolute Gasteiger partial charge is 0.349 e. The third-order valence-corrected chi connectivity index (χ3v) is 6.32. The molecule has 0 aromatic heterocycles. The third-order valence-electron chi connectivity index (χ3n) is 6.32. The van der Waals surface area contributed by atoms with E-state index >= 15 is 0 Å². The molecule has 3 heteroatoms. The molecule has 1 aromatic carbocycles. The van der Waals surface area contributed by atoms with Crippen molar-refractivity contribution in [2.24, 2.45) is 0 Å². The first-order chi connectivity index (χ1) is 11.2. The van der Waals surface area contributed by atoms with Crippen LogP contribution in [0.15, 0.2) is 18.2 Å². The number of fused-ring (bicyclic) bond motifs is 3. The molecule has 2 heterocycles. The van der Waals surface area contributed by atoms with Gasteiger partial charge in [-0.25, -0.2) is 0 Å². The minimum absolute atomic E-state index is 0.163. The van der Waals surface area contributed by atoms with E-state index in [1.807, 2.05) is 6.07 Å². The lowest BCUT2D eigenvalue weighted by atomic mass is 9.82. The number of aryl methyl sites for hydroxylation is 1. The maximum atomic E-state index is 12.9. The van der Waals surface area contributed by atoms with Gasteiger partial charge in [-0.15, -0.1) is 0 Å². The average Bonchev–Trinajstić information content (AvgIpc) is 2.55. The molecule has 4 rings (SSSR count). The van der Waals surface area contributed by atoms with Crippen molar-refractivity contribution in [2.75, 3.05) is 7.05 Å². The molecule has 0 radical (unpaired) electrons. The molecule has 3 nitrogen and oxygen atoms in total. The number of carbonyl (C=O) groups is 1. The van der Waals surface area contributed by atoms with Gasteiger partial charge in [-0.05, 0) is 75.6 Å². The lowest BCUT2D eigenvalue weighted by Crippen LogP contribution is -2.55. The van der Waals surface area contributed by atoms with E-state index in [-0.39, 0.29) is 5.91 Å². The molecule has 23 heavy (non-hydrogen) atoms. The quantitative estimate of drug-likeness (QED) is 0.908. The van der Waals surface area contributed by atoms with Gasteiger partial charge < -0.3 is 10.2 Å². The second-order valence-corrected chi connectivity index (χ2v) is 7.70. The minimum Gasteiger partial charge on any atom is -0.349 e. The molecule has 2 aliphatic heterocycles. The van der Waals surface area contributed by atoms with Gasteiger partial charge in [0.15, 0.2) is 0 Å². The van der Waals surface area contributed by atoms with E-state index in [0.717, 1.165) is 31.2 Å². The first-order valence-corrected chi connectivity index (χ1v) is 9.36. The third kappa shape index (κ3) is 2.91. The number of benzene rings is 1. The summed E-state index contributed by atoms with van der Waals surface area (Å²) in [6, 6.07) is 7.96. The molecular formula is C20H28N2O. The SMILES string of the molecule is CN1[C@@H]2CCC[C@H]1C[C@H](NC(=O)c1cccc3c1CCCC3)C2. The van der Waals surface area contributed by atoms with E-state index in [1.165, 1.54) is 43.2 Å². The summed E-state index contributed by atoms with van der Waals surface area (Å²) in [6.45, 7) is 0. The number of hydrogen-bond acceptors (Lipinski definition) is 2. The molecule has 2 saturated heterocycles. The van der Waals surface area contributed by atoms with Crippen LogP contribution in [0, 0.1) is 0 Å². The fraction of sp³-hybridized carbons (Fsp3) is 0.650. The molecule has 1 aliphatic carbocycles. The van der Waals surface area contributed by atoms with Crippen LogP contribution in [0.1, 0.15) is 66.4 Å². The van der Waals surface area contributed by atoms with Crippen LogP contribution in [0.5, 0.6) is 0 Å². The zero-order valence-corrected chi connectivity index (χ0v) is 14.2. The highest BCUT2D eigenvalue weighted by Gasteiger charge is 2.36. The van der Waals surface area contributed by atoms with Gasteiger partial charge in [0.2, 0.25) is 0 Å². The molecule has 3 atom stereocenters. The summed E-state index contributed by atoms with van der Waals surface area (Å²) < 4.78 is 0. The second kappa shape index (κ2) is 6.27. The smallest absolute Gasteiger partial charge is 0.251 e. The molecular weight excluding hydrogens is 284 g/mol. The van der Waals surface area contributed by atoms with Gasteiger partial charge in [-0.3, -0.25) is 4.79 Å². The average molecular weight is 312 g/mol. The molecule has 0 spiro atoms. The Labute approximate surface area is 139 Å². The van der Waals surface area contributed by atoms with Crippen molar-refractivity contribution >= 4 is 5.91 Å². The van der Waals surface area contributed by atoms with E-state index in [2.05, 4.69) is 29.4 Å². The Kier molecular flexibility index (Phi) is 4.14. The van der Waals surface area contributed by atoms with Crippen LogP contribution in [-0.4, -0.2) is 36.0 Å². The van der Waals surface area contributed by atoms with Crippen molar-refractivity contribution < 1.29 is 4.79 Å². The van der Waals surface area contributed by atoms with Crippen molar-refractivity contribution in [1.82, 2.24) is 10.2 Å². The minimum atomic E-state index is 0.163. The van der Waals surface area contributed by atoms with Gasteiger partial charge in [0.05, 0.1) is 0 Å². The summed E-state index contributed by atoms with van der Waals surface area (Å²) in [5.74, 6) is 0.163. The van der Waals surface area contributed by atoms with Gasteiger partial charge in [0.1, 0.15) is 0 Å². The van der Waals surface area contributed by atoms with Crippen molar-refractivity contribution in [3.63, 3.8) is 0 Å². The van der Waals surface area contributed by atoms with E-state index in [1.54, 1.807) is 0 Å². The van der Waals surface area contributed by atoms with Crippen LogP contribution >= 0.6 is 0 Å².